The average molecular weight is 244 g/mol. The SMILES string of the molecule is Cc1cc(O)c(-c2cc(N)on2)c2c1CCCC2. The molecule has 94 valence electrons. The molecule has 0 bridgehead atoms. The summed E-state index contributed by atoms with van der Waals surface area (Å²) in [6, 6.07) is 3.48. The van der Waals surface area contributed by atoms with Crippen LogP contribution in [0.25, 0.3) is 11.3 Å². The molecule has 4 nitrogen and oxygen atoms in total. The predicted molar refractivity (Wildman–Crippen MR) is 69.4 cm³/mol. The maximum atomic E-state index is 10.2. The van der Waals surface area contributed by atoms with Crippen molar-refractivity contribution in [3.05, 3.63) is 28.8 Å². The summed E-state index contributed by atoms with van der Waals surface area (Å²) in [5.74, 6) is 0.538. The molecule has 1 heterocycles. The summed E-state index contributed by atoms with van der Waals surface area (Å²) in [6.45, 7) is 2.05. The van der Waals surface area contributed by atoms with Crippen molar-refractivity contribution in [3.8, 4) is 17.0 Å². The number of nitrogen functional groups attached to an aromatic ring is 1. The molecule has 3 N–H and O–H groups in total. The minimum atomic E-state index is 0.265. The Morgan fingerprint density at radius 2 is 1.94 bits per heavy atom. The second kappa shape index (κ2) is 4.05. The van der Waals surface area contributed by atoms with Crippen LogP contribution in [0, 0.1) is 6.92 Å². The Bertz CT molecular complexity index is 602. The number of hydrogen-bond acceptors (Lipinski definition) is 4. The molecule has 1 aliphatic rings. The molecular weight excluding hydrogens is 228 g/mol. The van der Waals surface area contributed by atoms with Crippen LogP contribution in [0.1, 0.15) is 29.5 Å². The number of aryl methyl sites for hydroxylation is 1. The molecule has 0 saturated carbocycles. The standard InChI is InChI=1S/C14H16N2O2/c1-8-6-12(17)14(11-7-13(15)18-16-11)10-5-3-2-4-9(8)10/h6-7,17H,2-5,15H2,1H3. The van der Waals surface area contributed by atoms with Crippen molar-refractivity contribution >= 4 is 5.88 Å². The fourth-order valence-electron chi connectivity index (χ4n) is 2.83. The van der Waals surface area contributed by atoms with Gasteiger partial charge in [-0.3, -0.25) is 0 Å². The number of benzene rings is 1. The third kappa shape index (κ3) is 1.65. The molecule has 18 heavy (non-hydrogen) atoms. The highest BCUT2D eigenvalue weighted by molar-refractivity contribution is 5.74. The fourth-order valence-corrected chi connectivity index (χ4v) is 2.83. The Balaban J connectivity index is 2.25. The topological polar surface area (TPSA) is 72.3 Å². The monoisotopic (exact) mass is 244 g/mol. The zero-order valence-corrected chi connectivity index (χ0v) is 10.4. The lowest BCUT2D eigenvalue weighted by Crippen LogP contribution is -2.07. The normalized spacial score (nSPS) is 14.5. The number of nitrogens with zero attached hydrogens (tertiary/aromatic N) is 1. The van der Waals surface area contributed by atoms with E-state index in [9.17, 15) is 5.11 Å². The van der Waals surface area contributed by atoms with E-state index in [1.54, 1.807) is 6.07 Å². The molecule has 0 spiro atoms. The van der Waals surface area contributed by atoms with Crippen LogP contribution in [0.5, 0.6) is 5.75 Å². The van der Waals surface area contributed by atoms with Crippen LogP contribution >= 0.6 is 0 Å². The number of anilines is 1. The highest BCUT2D eigenvalue weighted by Crippen LogP contribution is 2.39. The van der Waals surface area contributed by atoms with E-state index >= 15 is 0 Å². The Hall–Kier alpha value is -1.97. The lowest BCUT2D eigenvalue weighted by molar-refractivity contribution is 0.437. The van der Waals surface area contributed by atoms with Crippen molar-refractivity contribution in [2.45, 2.75) is 32.6 Å². The van der Waals surface area contributed by atoms with Crippen molar-refractivity contribution in [2.75, 3.05) is 5.73 Å². The summed E-state index contributed by atoms with van der Waals surface area (Å²) >= 11 is 0. The number of phenolic OH excluding ortho intramolecular Hbond substituents is 1. The second-order valence-corrected chi connectivity index (χ2v) is 4.87. The number of rotatable bonds is 1. The minimum Gasteiger partial charge on any atom is -0.507 e. The molecule has 0 atom stereocenters. The van der Waals surface area contributed by atoms with E-state index in [1.807, 2.05) is 13.0 Å². The summed E-state index contributed by atoms with van der Waals surface area (Å²) in [7, 11) is 0. The first-order valence-corrected chi connectivity index (χ1v) is 6.23. The number of aromatic hydroxyl groups is 1. The van der Waals surface area contributed by atoms with Crippen LogP contribution in [0.2, 0.25) is 0 Å². The van der Waals surface area contributed by atoms with E-state index in [-0.39, 0.29) is 11.6 Å². The van der Waals surface area contributed by atoms with E-state index in [1.165, 1.54) is 17.5 Å². The van der Waals surface area contributed by atoms with Crippen LogP contribution in [0.4, 0.5) is 5.88 Å². The summed E-state index contributed by atoms with van der Waals surface area (Å²) in [5.41, 5.74) is 10.7. The highest BCUT2D eigenvalue weighted by atomic mass is 16.5. The van der Waals surface area contributed by atoms with Gasteiger partial charge in [-0.15, -0.1) is 0 Å². The molecule has 1 aliphatic carbocycles. The van der Waals surface area contributed by atoms with E-state index in [4.69, 9.17) is 10.3 Å². The smallest absolute Gasteiger partial charge is 0.222 e. The highest BCUT2D eigenvalue weighted by Gasteiger charge is 2.21. The van der Waals surface area contributed by atoms with Crippen molar-refractivity contribution in [2.24, 2.45) is 0 Å². The Labute approximate surface area is 105 Å². The Kier molecular flexibility index (Phi) is 2.51. The third-order valence-electron chi connectivity index (χ3n) is 3.64. The van der Waals surface area contributed by atoms with Crippen LogP contribution in [0.15, 0.2) is 16.7 Å². The van der Waals surface area contributed by atoms with Gasteiger partial charge in [0.15, 0.2) is 0 Å². The lowest BCUT2D eigenvalue weighted by Gasteiger charge is -2.21. The quantitative estimate of drug-likeness (QED) is 0.809. The van der Waals surface area contributed by atoms with Gasteiger partial charge < -0.3 is 15.4 Å². The first-order chi connectivity index (χ1) is 8.66. The van der Waals surface area contributed by atoms with E-state index in [0.717, 1.165) is 30.4 Å². The second-order valence-electron chi connectivity index (χ2n) is 4.87. The third-order valence-corrected chi connectivity index (χ3v) is 3.64. The largest absolute Gasteiger partial charge is 0.507 e. The van der Waals surface area contributed by atoms with Crippen molar-refractivity contribution < 1.29 is 9.63 Å². The Morgan fingerprint density at radius 3 is 2.61 bits per heavy atom. The lowest BCUT2D eigenvalue weighted by atomic mass is 9.84. The van der Waals surface area contributed by atoms with Crippen LogP contribution < -0.4 is 5.73 Å². The average Bonchev–Trinajstić information content (AvgIpc) is 2.76. The van der Waals surface area contributed by atoms with Gasteiger partial charge in [-0.25, -0.2) is 0 Å². The Morgan fingerprint density at radius 1 is 1.22 bits per heavy atom. The molecule has 1 aromatic heterocycles. The first-order valence-electron chi connectivity index (χ1n) is 6.23. The van der Waals surface area contributed by atoms with Crippen LogP contribution in [-0.2, 0) is 12.8 Å². The van der Waals surface area contributed by atoms with Gasteiger partial charge in [-0.05, 0) is 55.4 Å². The molecule has 2 aromatic rings. The molecule has 0 radical (unpaired) electrons. The maximum Gasteiger partial charge on any atom is 0.222 e. The number of hydrogen-bond donors (Lipinski definition) is 2. The van der Waals surface area contributed by atoms with E-state index < -0.39 is 0 Å². The van der Waals surface area contributed by atoms with Gasteiger partial charge in [0.05, 0.1) is 0 Å². The van der Waals surface area contributed by atoms with Gasteiger partial charge in [-0.2, -0.15) is 0 Å². The number of aromatic nitrogens is 1. The molecule has 1 aromatic carbocycles. The molecule has 0 saturated heterocycles. The van der Waals surface area contributed by atoms with Gasteiger partial charge in [0, 0.05) is 11.6 Å². The summed E-state index contributed by atoms with van der Waals surface area (Å²) < 4.78 is 4.91. The summed E-state index contributed by atoms with van der Waals surface area (Å²) in [4.78, 5) is 0. The molecule has 0 unspecified atom stereocenters. The van der Waals surface area contributed by atoms with Gasteiger partial charge in [0.1, 0.15) is 11.4 Å². The van der Waals surface area contributed by atoms with E-state index in [0.29, 0.717) is 5.69 Å². The summed E-state index contributed by atoms with van der Waals surface area (Å²) in [6.07, 6.45) is 4.41. The minimum absolute atomic E-state index is 0.265. The molecule has 0 amide bonds. The van der Waals surface area contributed by atoms with Gasteiger partial charge in [0.25, 0.3) is 0 Å². The molecule has 0 fully saturated rings. The number of phenols is 1. The van der Waals surface area contributed by atoms with E-state index in [2.05, 4.69) is 5.16 Å². The molecule has 3 rings (SSSR count). The van der Waals surface area contributed by atoms with Crippen LogP contribution in [-0.4, -0.2) is 10.3 Å². The number of fused-ring (bicyclic) bond motifs is 1. The maximum absolute atomic E-state index is 10.2. The predicted octanol–water partition coefficient (Wildman–Crippen LogP) is 2.82. The van der Waals surface area contributed by atoms with Gasteiger partial charge >= 0.3 is 0 Å². The summed E-state index contributed by atoms with van der Waals surface area (Å²) in [5, 5.41) is 14.1. The molecular formula is C14H16N2O2. The zero-order chi connectivity index (χ0) is 12.7. The zero-order valence-electron chi connectivity index (χ0n) is 10.4. The molecule has 4 heteroatoms. The number of nitrogens with two attached hydrogens (primary N) is 1. The van der Waals surface area contributed by atoms with Crippen molar-refractivity contribution in [1.82, 2.24) is 5.16 Å². The van der Waals surface area contributed by atoms with Crippen molar-refractivity contribution in [3.63, 3.8) is 0 Å². The van der Waals surface area contributed by atoms with Gasteiger partial charge in [-0.1, -0.05) is 5.16 Å². The first kappa shape index (κ1) is 11.1. The fraction of sp³-hybridized carbons (Fsp3) is 0.357. The van der Waals surface area contributed by atoms with Crippen LogP contribution in [0.3, 0.4) is 0 Å². The van der Waals surface area contributed by atoms with Gasteiger partial charge in [0.2, 0.25) is 5.88 Å². The molecule has 0 aliphatic heterocycles. The van der Waals surface area contributed by atoms with Crippen molar-refractivity contribution in [1.29, 1.82) is 0 Å².